The molecule has 0 aliphatic carbocycles. The number of nitrogens with zero attached hydrogens (tertiary/aromatic N) is 3. The topological polar surface area (TPSA) is 83.3 Å². The third-order valence-corrected chi connectivity index (χ3v) is 5.84. The second kappa shape index (κ2) is 7.78. The first-order chi connectivity index (χ1) is 13.1. The molecule has 7 nitrogen and oxygen atoms in total. The number of carbonyl (C=O) groups is 1. The highest BCUT2D eigenvalue weighted by atomic mass is 16.5. The Bertz CT molecular complexity index is 770. The third-order valence-electron chi connectivity index (χ3n) is 5.84. The fourth-order valence-electron chi connectivity index (χ4n) is 4.37. The summed E-state index contributed by atoms with van der Waals surface area (Å²) < 4.78 is 5.31. The Balaban J connectivity index is 1.30. The lowest BCUT2D eigenvalue weighted by molar-refractivity contribution is -0.125. The third kappa shape index (κ3) is 4.20. The van der Waals surface area contributed by atoms with Crippen LogP contribution in [-0.4, -0.2) is 53.7 Å². The number of piperidine rings is 1. The lowest BCUT2D eigenvalue weighted by Gasteiger charge is -2.33. The normalized spacial score (nSPS) is 22.2. The zero-order chi connectivity index (χ0) is 18.7. The van der Waals surface area contributed by atoms with Gasteiger partial charge >= 0.3 is 0 Å². The first-order valence-electron chi connectivity index (χ1n) is 9.68. The minimum atomic E-state index is -0.0706. The molecule has 1 aromatic carbocycles. The quantitative estimate of drug-likeness (QED) is 0.828. The van der Waals surface area contributed by atoms with E-state index in [0.29, 0.717) is 24.7 Å². The van der Waals surface area contributed by atoms with Gasteiger partial charge in [-0.2, -0.15) is 4.98 Å². The van der Waals surface area contributed by atoms with Gasteiger partial charge in [0.1, 0.15) is 0 Å². The van der Waals surface area contributed by atoms with Crippen molar-refractivity contribution in [3.05, 3.63) is 47.6 Å². The molecule has 4 rings (SSSR count). The van der Waals surface area contributed by atoms with Crippen LogP contribution in [0, 0.1) is 5.41 Å². The molecule has 1 aromatic heterocycles. The molecule has 0 saturated carbocycles. The zero-order valence-corrected chi connectivity index (χ0v) is 15.8. The molecule has 27 heavy (non-hydrogen) atoms. The molecule has 144 valence electrons. The standard InChI is InChI=1S/C20H27N5O2/c1-25-14-20(7-9-21-10-8-20)12-16(25)19(26)22-13-17-23-18(27-24-17)11-15-5-3-2-4-6-15/h2-6,16,21H,7-14H2,1H3,(H,22,26). The minimum absolute atomic E-state index is 0.0577. The van der Waals surface area contributed by atoms with Crippen LogP contribution in [0.2, 0.25) is 0 Å². The van der Waals surface area contributed by atoms with Crippen LogP contribution in [0.25, 0.3) is 0 Å². The van der Waals surface area contributed by atoms with Crippen LogP contribution in [0.15, 0.2) is 34.9 Å². The van der Waals surface area contributed by atoms with Gasteiger partial charge < -0.3 is 15.2 Å². The van der Waals surface area contributed by atoms with Gasteiger partial charge in [-0.25, -0.2) is 0 Å². The number of carbonyl (C=O) groups excluding carboxylic acids is 1. The molecule has 1 amide bonds. The van der Waals surface area contributed by atoms with Crippen LogP contribution in [0.5, 0.6) is 0 Å². The summed E-state index contributed by atoms with van der Waals surface area (Å²) in [5.41, 5.74) is 1.41. The Morgan fingerprint density at radius 2 is 2.11 bits per heavy atom. The van der Waals surface area contributed by atoms with E-state index in [1.54, 1.807) is 0 Å². The second-order valence-electron chi connectivity index (χ2n) is 7.87. The fourth-order valence-corrected chi connectivity index (χ4v) is 4.37. The molecule has 1 unspecified atom stereocenters. The lowest BCUT2D eigenvalue weighted by atomic mass is 9.77. The van der Waals surface area contributed by atoms with Crippen molar-refractivity contribution >= 4 is 5.91 Å². The molecule has 2 aliphatic heterocycles. The lowest BCUT2D eigenvalue weighted by Crippen LogP contribution is -2.41. The highest BCUT2D eigenvalue weighted by Crippen LogP contribution is 2.41. The minimum Gasteiger partial charge on any atom is -0.347 e. The van der Waals surface area contributed by atoms with Crippen molar-refractivity contribution in [1.82, 2.24) is 25.7 Å². The monoisotopic (exact) mass is 369 g/mol. The summed E-state index contributed by atoms with van der Waals surface area (Å²) in [5, 5.41) is 10.4. The summed E-state index contributed by atoms with van der Waals surface area (Å²) in [7, 11) is 2.05. The first kappa shape index (κ1) is 18.1. The van der Waals surface area contributed by atoms with Crippen LogP contribution in [-0.2, 0) is 17.8 Å². The summed E-state index contributed by atoms with van der Waals surface area (Å²) in [4.78, 5) is 19.3. The van der Waals surface area contributed by atoms with Crippen molar-refractivity contribution in [3.63, 3.8) is 0 Å². The molecule has 2 N–H and O–H groups in total. The number of likely N-dealkylation sites (N-methyl/N-ethyl adjacent to an activating group) is 1. The highest BCUT2D eigenvalue weighted by molar-refractivity contribution is 5.82. The Morgan fingerprint density at radius 1 is 1.33 bits per heavy atom. The van der Waals surface area contributed by atoms with E-state index in [-0.39, 0.29) is 17.4 Å². The van der Waals surface area contributed by atoms with Crippen molar-refractivity contribution in [2.75, 3.05) is 26.7 Å². The zero-order valence-electron chi connectivity index (χ0n) is 15.8. The van der Waals surface area contributed by atoms with Gasteiger partial charge in [0.2, 0.25) is 11.8 Å². The van der Waals surface area contributed by atoms with E-state index in [4.69, 9.17) is 4.52 Å². The molecule has 3 heterocycles. The Hall–Kier alpha value is -2.25. The van der Waals surface area contributed by atoms with Gasteiger partial charge in [-0.3, -0.25) is 9.69 Å². The average molecular weight is 369 g/mol. The number of hydrogen-bond donors (Lipinski definition) is 2. The highest BCUT2D eigenvalue weighted by Gasteiger charge is 2.45. The molecule has 2 fully saturated rings. The number of benzene rings is 1. The van der Waals surface area contributed by atoms with Gasteiger partial charge in [0.25, 0.3) is 0 Å². The average Bonchev–Trinajstić information content (AvgIpc) is 3.25. The SMILES string of the molecule is CN1CC2(CCNCC2)CC1C(=O)NCc1noc(Cc2ccccc2)n1. The van der Waals surface area contributed by atoms with Gasteiger partial charge in [0.05, 0.1) is 19.0 Å². The summed E-state index contributed by atoms with van der Waals surface area (Å²) in [5.74, 6) is 1.14. The molecule has 1 atom stereocenters. The molecule has 2 saturated heterocycles. The van der Waals surface area contributed by atoms with E-state index in [1.807, 2.05) is 37.4 Å². The number of nitrogens with one attached hydrogen (secondary N) is 2. The molecule has 7 heteroatoms. The van der Waals surface area contributed by atoms with E-state index >= 15 is 0 Å². The molecule has 1 spiro atoms. The van der Waals surface area contributed by atoms with E-state index in [2.05, 4.69) is 25.7 Å². The maximum Gasteiger partial charge on any atom is 0.237 e. The van der Waals surface area contributed by atoms with Crippen molar-refractivity contribution in [2.24, 2.45) is 5.41 Å². The summed E-state index contributed by atoms with van der Waals surface area (Å²) >= 11 is 0. The number of likely N-dealkylation sites (tertiary alicyclic amines) is 1. The number of amides is 1. The second-order valence-corrected chi connectivity index (χ2v) is 7.87. The Labute approximate surface area is 159 Å². The van der Waals surface area contributed by atoms with E-state index in [1.165, 1.54) is 0 Å². The van der Waals surface area contributed by atoms with Crippen LogP contribution in [0.1, 0.15) is 36.5 Å². The Kier molecular flexibility index (Phi) is 5.22. The number of hydrogen-bond acceptors (Lipinski definition) is 6. The van der Waals surface area contributed by atoms with Crippen LogP contribution in [0.4, 0.5) is 0 Å². The number of aromatic nitrogens is 2. The van der Waals surface area contributed by atoms with Crippen LogP contribution in [0.3, 0.4) is 0 Å². The summed E-state index contributed by atoms with van der Waals surface area (Å²) in [6.07, 6.45) is 3.83. The smallest absolute Gasteiger partial charge is 0.237 e. The molecule has 2 aromatic rings. The van der Waals surface area contributed by atoms with Crippen molar-refractivity contribution < 1.29 is 9.32 Å². The molecule has 0 bridgehead atoms. The van der Waals surface area contributed by atoms with Crippen LogP contribution < -0.4 is 10.6 Å². The molecular weight excluding hydrogens is 342 g/mol. The summed E-state index contributed by atoms with van der Waals surface area (Å²) in [6.45, 7) is 3.40. The number of rotatable bonds is 5. The molecule has 0 radical (unpaired) electrons. The van der Waals surface area contributed by atoms with Gasteiger partial charge in [-0.15, -0.1) is 0 Å². The van der Waals surface area contributed by atoms with Crippen molar-refractivity contribution in [2.45, 2.75) is 38.3 Å². The largest absolute Gasteiger partial charge is 0.347 e. The van der Waals surface area contributed by atoms with Crippen molar-refractivity contribution in [1.29, 1.82) is 0 Å². The van der Waals surface area contributed by atoms with Gasteiger partial charge in [0.15, 0.2) is 5.82 Å². The predicted molar refractivity (Wildman–Crippen MR) is 101 cm³/mol. The maximum atomic E-state index is 12.7. The first-order valence-corrected chi connectivity index (χ1v) is 9.68. The van der Waals surface area contributed by atoms with Gasteiger partial charge in [0, 0.05) is 6.54 Å². The van der Waals surface area contributed by atoms with Gasteiger partial charge in [-0.05, 0) is 50.4 Å². The van der Waals surface area contributed by atoms with Gasteiger partial charge in [-0.1, -0.05) is 35.5 Å². The van der Waals surface area contributed by atoms with E-state index in [9.17, 15) is 4.79 Å². The molecular formula is C20H27N5O2. The summed E-state index contributed by atoms with van der Waals surface area (Å²) in [6, 6.07) is 9.93. The molecule has 2 aliphatic rings. The maximum absolute atomic E-state index is 12.7. The van der Waals surface area contributed by atoms with Crippen LogP contribution >= 0.6 is 0 Å². The predicted octanol–water partition coefficient (Wildman–Crippen LogP) is 1.35. The fraction of sp³-hybridized carbons (Fsp3) is 0.550. The van der Waals surface area contributed by atoms with E-state index < -0.39 is 0 Å². The van der Waals surface area contributed by atoms with E-state index in [0.717, 1.165) is 44.5 Å². The Morgan fingerprint density at radius 3 is 2.89 bits per heavy atom. The van der Waals surface area contributed by atoms with Crippen molar-refractivity contribution in [3.8, 4) is 0 Å².